The maximum absolute atomic E-state index is 12.6. The Morgan fingerprint density at radius 3 is 2.48 bits per heavy atom. The van der Waals surface area contributed by atoms with Gasteiger partial charge >= 0.3 is 6.01 Å². The molecule has 3 heterocycles. The van der Waals surface area contributed by atoms with Crippen molar-refractivity contribution in [2.45, 2.75) is 4.90 Å². The minimum atomic E-state index is -3.33. The van der Waals surface area contributed by atoms with Gasteiger partial charge in [-0.05, 0) is 24.3 Å². The van der Waals surface area contributed by atoms with E-state index in [4.69, 9.17) is 8.83 Å². The van der Waals surface area contributed by atoms with Gasteiger partial charge in [0.2, 0.25) is 5.76 Å². The quantitative estimate of drug-likeness (QED) is 0.532. The van der Waals surface area contributed by atoms with E-state index in [1.807, 2.05) is 6.07 Å². The molecule has 0 atom stereocenters. The summed E-state index contributed by atoms with van der Waals surface area (Å²) in [5.41, 5.74) is 1.86. The fourth-order valence-corrected chi connectivity index (χ4v) is 3.22. The number of nitrogens with one attached hydrogen (secondary N) is 1. The number of pyridine rings is 1. The Labute approximate surface area is 165 Å². The van der Waals surface area contributed by atoms with Crippen LogP contribution in [0.15, 0.2) is 75.0 Å². The van der Waals surface area contributed by atoms with E-state index in [0.29, 0.717) is 17.0 Å². The molecule has 0 saturated carbocycles. The molecule has 0 aliphatic rings. The van der Waals surface area contributed by atoms with Crippen LogP contribution in [0.3, 0.4) is 0 Å². The minimum Gasteiger partial charge on any atom is -0.438 e. The molecule has 0 aliphatic carbocycles. The van der Waals surface area contributed by atoms with Crippen molar-refractivity contribution in [1.29, 1.82) is 0 Å². The second-order valence-corrected chi connectivity index (χ2v) is 8.05. The molecular weight excluding hydrogens is 396 g/mol. The van der Waals surface area contributed by atoms with Crippen LogP contribution in [-0.2, 0) is 9.84 Å². The third-order valence-electron chi connectivity index (χ3n) is 3.98. The molecule has 3 aromatic heterocycles. The Bertz CT molecular complexity index is 1260. The molecule has 1 amide bonds. The van der Waals surface area contributed by atoms with E-state index in [1.165, 1.54) is 18.4 Å². The molecule has 0 bridgehead atoms. The van der Waals surface area contributed by atoms with Gasteiger partial charge in [-0.1, -0.05) is 18.2 Å². The number of hydrogen-bond acceptors (Lipinski definition) is 8. The molecule has 0 spiro atoms. The molecule has 4 rings (SSSR count). The normalized spacial score (nSPS) is 11.3. The van der Waals surface area contributed by atoms with Gasteiger partial charge in [-0.2, -0.15) is 4.98 Å². The van der Waals surface area contributed by atoms with Crippen molar-refractivity contribution in [3.8, 4) is 22.6 Å². The SMILES string of the molecule is CS(=O)(=O)c1ccc(-c2ncoc2C(=O)Nc2nc(-c3ccccn3)co2)cc1. The van der Waals surface area contributed by atoms with Gasteiger partial charge in [0.25, 0.3) is 5.91 Å². The number of amides is 1. The fourth-order valence-electron chi connectivity index (χ4n) is 2.59. The largest absolute Gasteiger partial charge is 0.438 e. The van der Waals surface area contributed by atoms with E-state index in [0.717, 1.165) is 12.6 Å². The molecule has 0 aliphatic heterocycles. The number of benzene rings is 1. The average Bonchev–Trinajstić information content (AvgIpc) is 3.38. The van der Waals surface area contributed by atoms with Gasteiger partial charge in [0.05, 0.1) is 10.6 Å². The summed E-state index contributed by atoms with van der Waals surface area (Å²) >= 11 is 0. The van der Waals surface area contributed by atoms with Gasteiger partial charge in [0.15, 0.2) is 16.2 Å². The zero-order chi connectivity index (χ0) is 20.4. The van der Waals surface area contributed by atoms with Crippen molar-refractivity contribution in [1.82, 2.24) is 15.0 Å². The number of anilines is 1. The Balaban J connectivity index is 1.56. The predicted molar refractivity (Wildman–Crippen MR) is 103 cm³/mol. The molecule has 0 unspecified atom stereocenters. The molecule has 146 valence electrons. The average molecular weight is 410 g/mol. The highest BCUT2D eigenvalue weighted by atomic mass is 32.2. The van der Waals surface area contributed by atoms with Crippen LogP contribution in [0.4, 0.5) is 6.01 Å². The van der Waals surface area contributed by atoms with Crippen LogP contribution >= 0.6 is 0 Å². The number of carbonyl (C=O) groups is 1. The van der Waals surface area contributed by atoms with E-state index in [9.17, 15) is 13.2 Å². The van der Waals surface area contributed by atoms with E-state index < -0.39 is 15.7 Å². The molecule has 10 heteroatoms. The maximum atomic E-state index is 12.6. The standard InChI is InChI=1S/C19H14N4O5S/c1-29(25,26)13-7-5-12(6-8-13)16-17(28-11-21-16)18(24)23-19-22-15(10-27-19)14-4-2-3-9-20-14/h2-11H,1H3,(H,22,23,24). The predicted octanol–water partition coefficient (Wildman–Crippen LogP) is 3.05. The Morgan fingerprint density at radius 1 is 1.00 bits per heavy atom. The summed E-state index contributed by atoms with van der Waals surface area (Å²) in [5.74, 6) is -0.672. The van der Waals surface area contributed by atoms with Crippen molar-refractivity contribution < 1.29 is 22.0 Å². The van der Waals surface area contributed by atoms with E-state index in [2.05, 4.69) is 20.3 Å². The van der Waals surface area contributed by atoms with Crippen LogP contribution in [0.5, 0.6) is 0 Å². The number of sulfone groups is 1. The molecule has 1 N–H and O–H groups in total. The smallest absolute Gasteiger partial charge is 0.302 e. The number of aromatic nitrogens is 3. The summed E-state index contributed by atoms with van der Waals surface area (Å²) in [4.78, 5) is 25.1. The highest BCUT2D eigenvalue weighted by Gasteiger charge is 2.21. The first-order chi connectivity index (χ1) is 13.9. The lowest BCUT2D eigenvalue weighted by molar-refractivity contribution is 0.0994. The highest BCUT2D eigenvalue weighted by Crippen LogP contribution is 2.25. The molecule has 29 heavy (non-hydrogen) atoms. The molecule has 9 nitrogen and oxygen atoms in total. The van der Waals surface area contributed by atoms with Gasteiger partial charge in [0.1, 0.15) is 17.7 Å². The summed E-state index contributed by atoms with van der Waals surface area (Å²) in [6, 6.07) is 11.3. The van der Waals surface area contributed by atoms with E-state index in [1.54, 1.807) is 30.5 Å². The lowest BCUT2D eigenvalue weighted by Gasteiger charge is -2.03. The zero-order valence-corrected chi connectivity index (χ0v) is 15.9. The van der Waals surface area contributed by atoms with Crippen molar-refractivity contribution in [2.24, 2.45) is 0 Å². The molecular formula is C19H14N4O5S. The van der Waals surface area contributed by atoms with Gasteiger partial charge in [-0.15, -0.1) is 0 Å². The van der Waals surface area contributed by atoms with E-state index in [-0.39, 0.29) is 22.4 Å². The van der Waals surface area contributed by atoms with Crippen LogP contribution in [0.1, 0.15) is 10.6 Å². The summed E-state index contributed by atoms with van der Waals surface area (Å²) in [7, 11) is -3.33. The summed E-state index contributed by atoms with van der Waals surface area (Å²) in [5, 5.41) is 2.51. The molecule has 1 aromatic carbocycles. The van der Waals surface area contributed by atoms with Crippen molar-refractivity contribution in [2.75, 3.05) is 11.6 Å². The van der Waals surface area contributed by atoms with Crippen LogP contribution in [0.25, 0.3) is 22.6 Å². The minimum absolute atomic E-state index is 0.0228. The van der Waals surface area contributed by atoms with Crippen LogP contribution in [-0.4, -0.2) is 35.5 Å². The number of rotatable bonds is 5. The Kier molecular flexibility index (Phi) is 4.69. The van der Waals surface area contributed by atoms with E-state index >= 15 is 0 Å². The van der Waals surface area contributed by atoms with Gasteiger partial charge < -0.3 is 8.83 Å². The number of oxazole rings is 2. The first-order valence-corrected chi connectivity index (χ1v) is 10.2. The van der Waals surface area contributed by atoms with Crippen molar-refractivity contribution in [3.05, 3.63) is 67.1 Å². The third-order valence-corrected chi connectivity index (χ3v) is 5.11. The van der Waals surface area contributed by atoms with Gasteiger partial charge in [0, 0.05) is 18.0 Å². The number of hydrogen-bond donors (Lipinski definition) is 1. The third kappa shape index (κ3) is 3.92. The monoisotopic (exact) mass is 410 g/mol. The second kappa shape index (κ2) is 7.32. The molecule has 0 saturated heterocycles. The lowest BCUT2D eigenvalue weighted by Crippen LogP contribution is -2.12. The molecule has 4 aromatic rings. The lowest BCUT2D eigenvalue weighted by atomic mass is 10.1. The first-order valence-electron chi connectivity index (χ1n) is 8.34. The van der Waals surface area contributed by atoms with Crippen molar-refractivity contribution in [3.63, 3.8) is 0 Å². The van der Waals surface area contributed by atoms with Crippen LogP contribution in [0.2, 0.25) is 0 Å². The number of nitrogens with zero attached hydrogens (tertiary/aromatic N) is 3. The molecule has 0 radical (unpaired) electrons. The van der Waals surface area contributed by atoms with Crippen molar-refractivity contribution >= 4 is 21.8 Å². The fraction of sp³-hybridized carbons (Fsp3) is 0.0526. The van der Waals surface area contributed by atoms with Crippen LogP contribution in [0, 0.1) is 0 Å². The second-order valence-electron chi connectivity index (χ2n) is 6.03. The summed E-state index contributed by atoms with van der Waals surface area (Å²) < 4.78 is 33.7. The van der Waals surface area contributed by atoms with Gasteiger partial charge in [-0.25, -0.2) is 13.4 Å². The maximum Gasteiger partial charge on any atom is 0.302 e. The van der Waals surface area contributed by atoms with Gasteiger partial charge in [-0.3, -0.25) is 15.1 Å². The zero-order valence-electron chi connectivity index (χ0n) is 15.1. The Hall–Kier alpha value is -3.79. The summed E-state index contributed by atoms with van der Waals surface area (Å²) in [6.45, 7) is 0. The van der Waals surface area contributed by atoms with Crippen LogP contribution < -0.4 is 5.32 Å². The summed E-state index contributed by atoms with van der Waals surface area (Å²) in [6.07, 6.45) is 5.25. The number of carbonyl (C=O) groups excluding carboxylic acids is 1. The molecule has 0 fully saturated rings. The Morgan fingerprint density at radius 2 is 1.79 bits per heavy atom. The highest BCUT2D eigenvalue weighted by molar-refractivity contribution is 7.90. The topological polar surface area (TPSA) is 128 Å². The first kappa shape index (κ1) is 18.6.